The smallest absolute Gasteiger partial charge is 0.169 e. The molecule has 3 N–H and O–H groups in total. The first kappa shape index (κ1) is 24.1. The van der Waals surface area contributed by atoms with Gasteiger partial charge in [-0.15, -0.1) is 0 Å². The number of anilines is 1. The first-order valence-corrected chi connectivity index (χ1v) is 12.1. The minimum Gasteiger partial charge on any atom is -0.384 e. The Kier molecular flexibility index (Phi) is 7.00. The van der Waals surface area contributed by atoms with Gasteiger partial charge in [0.25, 0.3) is 0 Å². The Bertz CT molecular complexity index is 1160. The van der Waals surface area contributed by atoms with Crippen LogP contribution in [0, 0.1) is 11.6 Å². The van der Waals surface area contributed by atoms with E-state index in [4.69, 9.17) is 4.74 Å². The van der Waals surface area contributed by atoms with E-state index in [-0.39, 0.29) is 32.0 Å². The first-order valence-electron chi connectivity index (χ1n) is 12.1. The van der Waals surface area contributed by atoms with E-state index >= 15 is 13.2 Å². The molecule has 0 saturated carbocycles. The summed E-state index contributed by atoms with van der Waals surface area (Å²) in [7, 11) is 0. The maximum absolute atomic E-state index is 15.5. The highest BCUT2D eigenvalue weighted by Crippen LogP contribution is 2.42. The molecular formula is C26H30F4N4O. The van der Waals surface area contributed by atoms with Gasteiger partial charge in [0, 0.05) is 54.0 Å². The zero-order valence-electron chi connectivity index (χ0n) is 19.5. The standard InChI is InChI=1S/C26H30F4N4O/c27-7-3-8-31-9-10-32-17-12-20(28)23(21(29)13-17)25-24-19(18-4-1-2-5-22(18)33-24)6-11-34(25)14-26(30)15-35-16-26/h1-2,4-5,12-13,25,31-33H,3,6-11,14-16H2/t25-/m1/s1. The average molecular weight is 491 g/mol. The molecule has 5 nitrogen and oxygen atoms in total. The molecule has 0 unspecified atom stereocenters. The summed E-state index contributed by atoms with van der Waals surface area (Å²) < 4.78 is 63.4. The lowest BCUT2D eigenvalue weighted by Gasteiger charge is -2.43. The van der Waals surface area contributed by atoms with E-state index in [0.717, 1.165) is 16.5 Å². The molecular weight excluding hydrogens is 460 g/mol. The highest BCUT2D eigenvalue weighted by molar-refractivity contribution is 5.85. The molecule has 3 heterocycles. The Labute approximate surface area is 201 Å². The van der Waals surface area contributed by atoms with Gasteiger partial charge in [0.05, 0.1) is 25.9 Å². The lowest BCUT2D eigenvalue weighted by atomic mass is 9.90. The van der Waals surface area contributed by atoms with Crippen molar-refractivity contribution in [2.75, 3.05) is 57.9 Å². The SMILES string of the molecule is FCCCNCCNc1cc(F)c([C@@H]2c3[nH]c4ccccc4c3CCN2CC2(F)COC2)c(F)c1. The lowest BCUT2D eigenvalue weighted by molar-refractivity contribution is -0.144. The number of alkyl halides is 2. The summed E-state index contributed by atoms with van der Waals surface area (Å²) in [6.07, 6.45) is 1.09. The van der Waals surface area contributed by atoms with E-state index in [1.807, 2.05) is 29.2 Å². The number of H-pyrrole nitrogens is 1. The molecule has 2 aliphatic rings. The maximum atomic E-state index is 15.5. The lowest BCUT2D eigenvalue weighted by Crippen LogP contribution is -2.55. The maximum Gasteiger partial charge on any atom is 0.169 e. The Morgan fingerprint density at radius 2 is 1.86 bits per heavy atom. The number of nitrogens with zero attached hydrogens (tertiary/aromatic N) is 1. The van der Waals surface area contributed by atoms with Gasteiger partial charge in [-0.3, -0.25) is 9.29 Å². The van der Waals surface area contributed by atoms with Crippen molar-refractivity contribution >= 4 is 16.6 Å². The summed E-state index contributed by atoms with van der Waals surface area (Å²) in [5, 5.41) is 7.09. The number of rotatable bonds is 10. The van der Waals surface area contributed by atoms with E-state index in [2.05, 4.69) is 15.6 Å². The number of fused-ring (bicyclic) bond motifs is 3. The molecule has 2 aromatic carbocycles. The van der Waals surface area contributed by atoms with Gasteiger partial charge in [0.2, 0.25) is 0 Å². The predicted molar refractivity (Wildman–Crippen MR) is 128 cm³/mol. The van der Waals surface area contributed by atoms with Crippen LogP contribution in [0.4, 0.5) is 23.2 Å². The van der Waals surface area contributed by atoms with Crippen molar-refractivity contribution in [1.29, 1.82) is 0 Å². The van der Waals surface area contributed by atoms with Crippen molar-refractivity contribution < 1.29 is 22.3 Å². The molecule has 0 radical (unpaired) electrons. The molecule has 1 saturated heterocycles. The minimum atomic E-state index is -1.52. The Morgan fingerprint density at radius 1 is 1.09 bits per heavy atom. The number of para-hydroxylation sites is 1. The van der Waals surface area contributed by atoms with Crippen molar-refractivity contribution in [2.24, 2.45) is 0 Å². The summed E-state index contributed by atoms with van der Waals surface area (Å²) in [6, 6.07) is 9.57. The number of hydrogen-bond donors (Lipinski definition) is 3. The van der Waals surface area contributed by atoms with Crippen molar-refractivity contribution in [3.05, 3.63) is 64.9 Å². The Balaban J connectivity index is 1.45. The van der Waals surface area contributed by atoms with Crippen molar-refractivity contribution in [3.63, 3.8) is 0 Å². The molecule has 1 aromatic heterocycles. The van der Waals surface area contributed by atoms with Crippen LogP contribution < -0.4 is 10.6 Å². The van der Waals surface area contributed by atoms with Gasteiger partial charge in [0.15, 0.2) is 5.67 Å². The molecule has 0 spiro atoms. The van der Waals surface area contributed by atoms with Gasteiger partial charge in [-0.05, 0) is 43.1 Å². The summed E-state index contributed by atoms with van der Waals surface area (Å²) in [5.41, 5.74) is 1.32. The third kappa shape index (κ3) is 4.90. The quantitative estimate of drug-likeness (QED) is 0.290. The van der Waals surface area contributed by atoms with Gasteiger partial charge in [0.1, 0.15) is 11.6 Å². The fourth-order valence-corrected chi connectivity index (χ4v) is 5.13. The van der Waals surface area contributed by atoms with Gasteiger partial charge < -0.3 is 20.4 Å². The fraction of sp³-hybridized carbons (Fsp3) is 0.462. The van der Waals surface area contributed by atoms with Crippen molar-refractivity contribution in [1.82, 2.24) is 15.2 Å². The van der Waals surface area contributed by atoms with E-state index in [0.29, 0.717) is 50.4 Å². The third-order valence-electron chi connectivity index (χ3n) is 6.81. The van der Waals surface area contributed by atoms with Crippen LogP contribution in [0.3, 0.4) is 0 Å². The normalized spacial score (nSPS) is 19.5. The summed E-state index contributed by atoms with van der Waals surface area (Å²) in [5.74, 6) is -1.37. The van der Waals surface area contributed by atoms with Crippen LogP contribution in [0.1, 0.15) is 29.3 Å². The second-order valence-electron chi connectivity index (χ2n) is 9.40. The molecule has 2 aliphatic heterocycles. The Morgan fingerprint density at radius 3 is 2.57 bits per heavy atom. The van der Waals surface area contributed by atoms with Gasteiger partial charge in [-0.1, -0.05) is 18.2 Å². The molecule has 0 bridgehead atoms. The molecule has 5 rings (SSSR count). The summed E-state index contributed by atoms with van der Waals surface area (Å²) >= 11 is 0. The second-order valence-corrected chi connectivity index (χ2v) is 9.40. The van der Waals surface area contributed by atoms with Crippen LogP contribution >= 0.6 is 0 Å². The third-order valence-corrected chi connectivity index (χ3v) is 6.81. The van der Waals surface area contributed by atoms with E-state index in [1.165, 1.54) is 12.1 Å². The molecule has 0 amide bonds. The average Bonchev–Trinajstić information content (AvgIpc) is 3.20. The first-order chi connectivity index (χ1) is 17.0. The van der Waals surface area contributed by atoms with Crippen LogP contribution in [0.25, 0.3) is 10.9 Å². The molecule has 188 valence electrons. The molecule has 35 heavy (non-hydrogen) atoms. The van der Waals surface area contributed by atoms with E-state index < -0.39 is 23.3 Å². The second kappa shape index (κ2) is 10.2. The molecule has 9 heteroatoms. The highest BCUT2D eigenvalue weighted by Gasteiger charge is 2.44. The van der Waals surface area contributed by atoms with Crippen LogP contribution in [0.2, 0.25) is 0 Å². The topological polar surface area (TPSA) is 52.3 Å². The van der Waals surface area contributed by atoms with E-state index in [9.17, 15) is 4.39 Å². The Hall–Kier alpha value is -2.62. The highest BCUT2D eigenvalue weighted by atomic mass is 19.1. The molecule has 1 fully saturated rings. The van der Waals surface area contributed by atoms with Crippen molar-refractivity contribution in [2.45, 2.75) is 24.6 Å². The van der Waals surface area contributed by atoms with E-state index in [1.54, 1.807) is 0 Å². The van der Waals surface area contributed by atoms with Crippen LogP contribution in [-0.4, -0.2) is 68.2 Å². The van der Waals surface area contributed by atoms with Crippen LogP contribution in [0.15, 0.2) is 36.4 Å². The monoisotopic (exact) mass is 490 g/mol. The summed E-state index contributed by atoms with van der Waals surface area (Å²) in [4.78, 5) is 5.19. The van der Waals surface area contributed by atoms with Crippen LogP contribution in [-0.2, 0) is 11.2 Å². The fourth-order valence-electron chi connectivity index (χ4n) is 5.13. The number of nitrogens with one attached hydrogen (secondary N) is 3. The molecule has 1 atom stereocenters. The predicted octanol–water partition coefficient (Wildman–Crippen LogP) is 4.49. The number of benzene rings is 2. The molecule has 3 aromatic rings. The number of ether oxygens (including phenoxy) is 1. The van der Waals surface area contributed by atoms with Gasteiger partial charge >= 0.3 is 0 Å². The largest absolute Gasteiger partial charge is 0.384 e. The number of aromatic amines is 1. The minimum absolute atomic E-state index is 0.0109. The number of halogens is 4. The number of hydrogen-bond acceptors (Lipinski definition) is 4. The van der Waals surface area contributed by atoms with Gasteiger partial charge in [-0.2, -0.15) is 0 Å². The number of aromatic nitrogens is 1. The zero-order valence-corrected chi connectivity index (χ0v) is 19.5. The van der Waals surface area contributed by atoms with Crippen LogP contribution in [0.5, 0.6) is 0 Å². The van der Waals surface area contributed by atoms with Crippen molar-refractivity contribution in [3.8, 4) is 0 Å². The molecule has 0 aliphatic carbocycles. The zero-order chi connectivity index (χ0) is 24.4. The summed E-state index contributed by atoms with van der Waals surface area (Å²) in [6.45, 7) is 1.64. The van der Waals surface area contributed by atoms with Gasteiger partial charge in [-0.25, -0.2) is 13.2 Å².